The Morgan fingerprint density at radius 1 is 0.917 bits per heavy atom. The minimum atomic E-state index is -4.60. The number of ether oxygens (including phenoxy) is 1. The molecule has 0 aliphatic carbocycles. The van der Waals surface area contributed by atoms with E-state index < -0.39 is 17.6 Å². The Bertz CT molecular complexity index is 1290. The Morgan fingerprint density at radius 3 is 2.44 bits per heavy atom. The van der Waals surface area contributed by atoms with Crippen molar-refractivity contribution in [2.24, 2.45) is 0 Å². The van der Waals surface area contributed by atoms with Crippen LogP contribution in [-0.2, 0) is 25.6 Å². The van der Waals surface area contributed by atoms with Crippen LogP contribution >= 0.6 is 0 Å². The van der Waals surface area contributed by atoms with Crippen LogP contribution in [0.5, 0.6) is 5.75 Å². The average molecular weight is 497 g/mol. The number of halogens is 4. The quantitative estimate of drug-likeness (QED) is 0.176. The standard InChI is InChI=1S/C27H23F4N3O2/c28-25-16-21(27(29,30)31)11-9-20(25)10-14-26-33-23(18-36-26)17-35-24-12-7-19(8-13-24)4-1-2-5-22-6-3-15-32-34-22/h3,6-16,18H,1-2,4-5,17H2/b14-10+. The van der Waals surface area contributed by atoms with Gasteiger partial charge in [0, 0.05) is 17.8 Å². The Kier molecular flexibility index (Phi) is 8.10. The van der Waals surface area contributed by atoms with Gasteiger partial charge in [-0.15, -0.1) is 0 Å². The molecule has 4 rings (SSSR count). The molecule has 36 heavy (non-hydrogen) atoms. The molecule has 2 heterocycles. The van der Waals surface area contributed by atoms with Crippen molar-refractivity contribution in [1.82, 2.24) is 15.2 Å². The SMILES string of the molecule is Fc1cc(C(F)(F)F)ccc1/C=C/c1nc(COc2ccc(CCCCc3cccnn3)cc2)co1. The molecule has 0 amide bonds. The zero-order valence-corrected chi connectivity index (χ0v) is 19.2. The molecule has 2 aromatic carbocycles. The lowest BCUT2D eigenvalue weighted by atomic mass is 10.1. The second-order valence-electron chi connectivity index (χ2n) is 8.10. The van der Waals surface area contributed by atoms with Crippen LogP contribution < -0.4 is 4.74 Å². The van der Waals surface area contributed by atoms with Gasteiger partial charge < -0.3 is 9.15 Å². The van der Waals surface area contributed by atoms with E-state index in [1.165, 1.54) is 24.0 Å². The number of oxazole rings is 1. The summed E-state index contributed by atoms with van der Waals surface area (Å²) < 4.78 is 63.0. The molecule has 0 N–H and O–H groups in total. The molecule has 5 nitrogen and oxygen atoms in total. The minimum absolute atomic E-state index is 0.00664. The number of unbranched alkanes of at least 4 members (excludes halogenated alkanes) is 1. The zero-order chi connectivity index (χ0) is 25.4. The molecule has 0 aliphatic rings. The molecular formula is C27H23F4N3O2. The molecule has 0 saturated carbocycles. The van der Waals surface area contributed by atoms with Gasteiger partial charge in [-0.05, 0) is 73.7 Å². The number of nitrogens with zero attached hydrogens (tertiary/aromatic N) is 3. The van der Waals surface area contributed by atoms with Crippen molar-refractivity contribution >= 4 is 12.2 Å². The number of aromatic nitrogens is 3. The first-order chi connectivity index (χ1) is 17.4. The maximum absolute atomic E-state index is 14.0. The van der Waals surface area contributed by atoms with Crippen LogP contribution in [0.2, 0.25) is 0 Å². The van der Waals surface area contributed by atoms with Gasteiger partial charge in [0.1, 0.15) is 30.1 Å². The largest absolute Gasteiger partial charge is 0.487 e. The Morgan fingerprint density at radius 2 is 1.72 bits per heavy atom. The van der Waals surface area contributed by atoms with E-state index in [1.54, 1.807) is 6.20 Å². The summed E-state index contributed by atoms with van der Waals surface area (Å²) in [6.45, 7) is 0.170. The van der Waals surface area contributed by atoms with E-state index in [-0.39, 0.29) is 18.1 Å². The minimum Gasteiger partial charge on any atom is -0.487 e. The van der Waals surface area contributed by atoms with Crippen LogP contribution in [-0.4, -0.2) is 15.2 Å². The highest BCUT2D eigenvalue weighted by atomic mass is 19.4. The Labute approximate surface area is 205 Å². The first-order valence-corrected chi connectivity index (χ1v) is 11.3. The van der Waals surface area contributed by atoms with E-state index >= 15 is 0 Å². The molecule has 0 atom stereocenters. The van der Waals surface area contributed by atoms with E-state index in [1.807, 2.05) is 36.4 Å². The smallest absolute Gasteiger partial charge is 0.416 e. The summed E-state index contributed by atoms with van der Waals surface area (Å²) in [5.41, 5.74) is 1.69. The van der Waals surface area contributed by atoms with Crippen LogP contribution in [0.4, 0.5) is 17.6 Å². The molecule has 0 aliphatic heterocycles. The van der Waals surface area contributed by atoms with Crippen molar-refractivity contribution in [1.29, 1.82) is 0 Å². The van der Waals surface area contributed by atoms with E-state index in [2.05, 4.69) is 15.2 Å². The van der Waals surface area contributed by atoms with E-state index in [9.17, 15) is 17.6 Å². The lowest BCUT2D eigenvalue weighted by Crippen LogP contribution is -2.05. The lowest BCUT2D eigenvalue weighted by Gasteiger charge is -2.07. The molecule has 4 aromatic rings. The van der Waals surface area contributed by atoms with Gasteiger partial charge in [0.2, 0.25) is 5.89 Å². The lowest BCUT2D eigenvalue weighted by molar-refractivity contribution is -0.137. The second kappa shape index (κ2) is 11.6. The third kappa shape index (κ3) is 7.24. The van der Waals surface area contributed by atoms with Gasteiger partial charge in [0.25, 0.3) is 0 Å². The summed E-state index contributed by atoms with van der Waals surface area (Å²) in [6.07, 6.45) is 5.11. The van der Waals surface area contributed by atoms with Gasteiger partial charge >= 0.3 is 6.18 Å². The number of hydrogen-bond acceptors (Lipinski definition) is 5. The normalized spacial score (nSPS) is 11.8. The number of hydrogen-bond donors (Lipinski definition) is 0. The molecule has 0 saturated heterocycles. The number of rotatable bonds is 10. The maximum Gasteiger partial charge on any atom is 0.416 e. The van der Waals surface area contributed by atoms with Crippen molar-refractivity contribution in [2.75, 3.05) is 0 Å². The van der Waals surface area contributed by atoms with Gasteiger partial charge in [0.05, 0.1) is 11.3 Å². The fourth-order valence-corrected chi connectivity index (χ4v) is 3.48. The molecule has 186 valence electrons. The van der Waals surface area contributed by atoms with Crippen LogP contribution in [0.15, 0.2) is 71.5 Å². The molecular weight excluding hydrogens is 474 g/mol. The third-order valence-electron chi connectivity index (χ3n) is 5.39. The summed E-state index contributed by atoms with van der Waals surface area (Å²) in [4.78, 5) is 4.23. The predicted molar refractivity (Wildman–Crippen MR) is 126 cm³/mol. The molecule has 0 spiro atoms. The summed E-state index contributed by atoms with van der Waals surface area (Å²) >= 11 is 0. The van der Waals surface area contributed by atoms with Gasteiger partial charge in [-0.25, -0.2) is 9.37 Å². The molecule has 0 unspecified atom stereocenters. The van der Waals surface area contributed by atoms with E-state index in [0.717, 1.165) is 43.5 Å². The molecule has 9 heteroatoms. The van der Waals surface area contributed by atoms with Gasteiger partial charge in [-0.1, -0.05) is 18.2 Å². The molecule has 0 bridgehead atoms. The summed E-state index contributed by atoms with van der Waals surface area (Å²) in [7, 11) is 0. The average Bonchev–Trinajstić information content (AvgIpc) is 3.33. The number of alkyl halides is 3. The van der Waals surface area contributed by atoms with Gasteiger partial charge in [0.15, 0.2) is 0 Å². The van der Waals surface area contributed by atoms with Crippen LogP contribution in [0.25, 0.3) is 12.2 Å². The van der Waals surface area contributed by atoms with E-state index in [4.69, 9.17) is 9.15 Å². The molecule has 2 aromatic heterocycles. The van der Waals surface area contributed by atoms with E-state index in [0.29, 0.717) is 17.5 Å². The predicted octanol–water partition coefficient (Wildman–Crippen LogP) is 6.94. The van der Waals surface area contributed by atoms with Crippen molar-refractivity contribution < 1.29 is 26.7 Å². The molecule has 0 radical (unpaired) electrons. The fraction of sp³-hybridized carbons (Fsp3) is 0.222. The van der Waals surface area contributed by atoms with Gasteiger partial charge in [-0.3, -0.25) is 0 Å². The first kappa shape index (κ1) is 25.1. The molecule has 0 fully saturated rings. The summed E-state index contributed by atoms with van der Waals surface area (Å²) in [5.74, 6) is -0.111. The van der Waals surface area contributed by atoms with Crippen LogP contribution in [0.1, 0.15) is 46.8 Å². The maximum atomic E-state index is 14.0. The zero-order valence-electron chi connectivity index (χ0n) is 19.2. The second-order valence-corrected chi connectivity index (χ2v) is 8.10. The van der Waals surface area contributed by atoms with Crippen LogP contribution in [0, 0.1) is 5.82 Å². The number of benzene rings is 2. The van der Waals surface area contributed by atoms with Crippen LogP contribution in [0.3, 0.4) is 0 Å². The fourth-order valence-electron chi connectivity index (χ4n) is 3.48. The first-order valence-electron chi connectivity index (χ1n) is 11.3. The van der Waals surface area contributed by atoms with Crippen molar-refractivity contribution in [2.45, 2.75) is 38.5 Å². The highest BCUT2D eigenvalue weighted by molar-refractivity contribution is 5.66. The Hall–Kier alpha value is -4.01. The highest BCUT2D eigenvalue weighted by Gasteiger charge is 2.30. The highest BCUT2D eigenvalue weighted by Crippen LogP contribution is 2.30. The summed E-state index contributed by atoms with van der Waals surface area (Å²) in [6, 6.07) is 14.0. The topological polar surface area (TPSA) is 61.0 Å². The summed E-state index contributed by atoms with van der Waals surface area (Å²) in [5, 5.41) is 7.97. The van der Waals surface area contributed by atoms with Crippen molar-refractivity contribution in [3.05, 3.63) is 107 Å². The number of aryl methyl sites for hydroxylation is 2. The van der Waals surface area contributed by atoms with Crippen molar-refractivity contribution in [3.8, 4) is 5.75 Å². The Balaban J connectivity index is 1.23. The van der Waals surface area contributed by atoms with Crippen molar-refractivity contribution in [3.63, 3.8) is 0 Å². The van der Waals surface area contributed by atoms with Gasteiger partial charge in [-0.2, -0.15) is 23.4 Å². The monoisotopic (exact) mass is 497 g/mol. The third-order valence-corrected chi connectivity index (χ3v) is 5.39.